The fourth-order valence-electron chi connectivity index (χ4n) is 0.684. The van der Waals surface area contributed by atoms with Crippen LogP contribution in [0.5, 0.6) is 0 Å². The first-order valence-corrected chi connectivity index (χ1v) is 9.32. The van der Waals surface area contributed by atoms with Crippen LogP contribution in [0.15, 0.2) is 0 Å². The molecule has 0 aliphatic rings. The summed E-state index contributed by atoms with van der Waals surface area (Å²) in [5, 5.41) is 0. The van der Waals surface area contributed by atoms with Crippen molar-refractivity contribution in [2.24, 2.45) is 11.8 Å². The van der Waals surface area contributed by atoms with Crippen LogP contribution in [-0.4, -0.2) is 12.4 Å². The molecule has 0 rings (SSSR count). The van der Waals surface area contributed by atoms with Gasteiger partial charge in [0.05, 0.1) is 6.61 Å². The van der Waals surface area contributed by atoms with Gasteiger partial charge < -0.3 is 4.52 Å². The molecular weight excluding hydrogens is 301 g/mol. The van der Waals surface area contributed by atoms with Gasteiger partial charge in [-0.1, -0.05) is 51.3 Å². The molecule has 0 heterocycles. The first-order chi connectivity index (χ1) is 6.33. The summed E-state index contributed by atoms with van der Waals surface area (Å²) < 4.78 is 17.0. The molecule has 1 unspecified atom stereocenters. The predicted molar refractivity (Wildman–Crippen MR) is 69.3 cm³/mol. The summed E-state index contributed by atoms with van der Waals surface area (Å²) >= 11 is 5.41. The van der Waals surface area contributed by atoms with E-state index in [2.05, 4.69) is 26.1 Å². The zero-order valence-electron chi connectivity index (χ0n) is 10.1. The van der Waals surface area contributed by atoms with Crippen LogP contribution < -0.4 is 0 Å². The Hall–Kier alpha value is 1.51. The van der Waals surface area contributed by atoms with Gasteiger partial charge >= 0.3 is 5.77 Å². The third-order valence-electron chi connectivity index (χ3n) is 1.52. The Kier molecular flexibility index (Phi) is 12.0. The number of hydrogen-bond donors (Lipinski definition) is 1. The summed E-state index contributed by atoms with van der Waals surface area (Å²) in [7, 11) is 0. The van der Waals surface area contributed by atoms with Gasteiger partial charge in [-0.05, 0) is 18.3 Å². The largest absolute Gasteiger partial charge is 0.313 e. The van der Waals surface area contributed by atoms with Crippen molar-refractivity contribution < 1.29 is 28.6 Å². The number of hydrogen-bond acceptors (Lipinski definition) is 3. The molecule has 0 bridgehead atoms. The quantitative estimate of drug-likeness (QED) is 0.425. The first kappa shape index (κ1) is 18.9. The van der Waals surface area contributed by atoms with E-state index in [1.807, 2.05) is 13.8 Å². The summed E-state index contributed by atoms with van der Waals surface area (Å²) in [6.45, 7) is 8.90. The molecule has 0 amide bonds. The molecule has 0 fully saturated rings. The summed E-state index contributed by atoms with van der Waals surface area (Å²) in [6.07, 6.45) is 1.06. The Morgan fingerprint density at radius 1 is 1.27 bits per heavy atom. The minimum Gasteiger partial charge on any atom is -0.313 e. The molecule has 1 atom stereocenters. The maximum Gasteiger partial charge on any atom is 0.310 e. The third-order valence-corrected chi connectivity index (χ3v) is 5.97. The van der Waals surface area contributed by atoms with Crippen LogP contribution >= 0.6 is 29.4 Å². The molecule has 0 aliphatic carbocycles. The second kappa shape index (κ2) is 9.53. The molecule has 0 spiro atoms. The van der Waals surface area contributed by atoms with Crippen molar-refractivity contribution >= 4 is 29.4 Å². The van der Waals surface area contributed by atoms with E-state index in [0.717, 1.165) is 12.2 Å². The van der Waals surface area contributed by atoms with Crippen molar-refractivity contribution in [2.45, 2.75) is 34.1 Å². The molecule has 15 heavy (non-hydrogen) atoms. The first-order valence-electron chi connectivity index (χ1n) is 4.95. The van der Waals surface area contributed by atoms with Gasteiger partial charge in [0.15, 0.2) is 0 Å². The van der Waals surface area contributed by atoms with E-state index in [4.69, 9.17) is 4.52 Å². The third kappa shape index (κ3) is 13.4. The maximum atomic E-state index is 11.7. The Morgan fingerprint density at radius 3 is 2.20 bits per heavy atom. The van der Waals surface area contributed by atoms with Crippen LogP contribution in [0.4, 0.5) is 0 Å². The van der Waals surface area contributed by atoms with Gasteiger partial charge in [-0.15, -0.1) is 0 Å². The molecule has 0 aromatic rings. The molecule has 6 heteroatoms. The van der Waals surface area contributed by atoms with E-state index in [-0.39, 0.29) is 19.5 Å². The van der Waals surface area contributed by atoms with Gasteiger partial charge in [0.2, 0.25) is 0 Å². The van der Waals surface area contributed by atoms with Crippen molar-refractivity contribution in [3.05, 3.63) is 0 Å². The van der Waals surface area contributed by atoms with E-state index >= 15 is 0 Å². The zero-order chi connectivity index (χ0) is 11.2. The minimum atomic E-state index is -2.69. The molecule has 88 valence electrons. The Bertz CT molecular complexity index is 201. The van der Waals surface area contributed by atoms with Crippen molar-refractivity contribution in [2.75, 3.05) is 12.4 Å². The van der Waals surface area contributed by atoms with Gasteiger partial charge in [0.25, 0.3) is 0 Å². The fourth-order valence-corrected chi connectivity index (χ4v) is 4.40. The smallest absolute Gasteiger partial charge is 0.310 e. The van der Waals surface area contributed by atoms with Crippen molar-refractivity contribution in [1.29, 1.82) is 0 Å². The van der Waals surface area contributed by atoms with Gasteiger partial charge in [-0.3, -0.25) is 4.57 Å². The zero-order valence-corrected chi connectivity index (χ0v) is 15.7. The molecule has 0 radical (unpaired) electrons. The van der Waals surface area contributed by atoms with Crippen LogP contribution in [0.3, 0.4) is 0 Å². The van der Waals surface area contributed by atoms with E-state index < -0.39 is 5.77 Å². The SMILES string of the molecule is CC(C)CCSP(=O)(S)OCC(C)C.[Zn]. The van der Waals surface area contributed by atoms with E-state index in [0.29, 0.717) is 18.4 Å². The topological polar surface area (TPSA) is 26.3 Å². The normalized spacial score (nSPS) is 15.1. The van der Waals surface area contributed by atoms with Gasteiger partial charge in [0.1, 0.15) is 0 Å². The molecule has 0 saturated carbocycles. The molecular formula is C9H21O2PS2Zn. The number of thiol groups is 1. The van der Waals surface area contributed by atoms with Crippen molar-refractivity contribution in [1.82, 2.24) is 0 Å². The van der Waals surface area contributed by atoms with E-state index in [1.54, 1.807) is 0 Å². The molecule has 2 nitrogen and oxygen atoms in total. The van der Waals surface area contributed by atoms with Crippen LogP contribution in [-0.2, 0) is 28.6 Å². The number of rotatable bonds is 7. The Balaban J connectivity index is 0. The van der Waals surface area contributed by atoms with Crippen molar-refractivity contribution in [3.63, 3.8) is 0 Å². The predicted octanol–water partition coefficient (Wildman–Crippen LogP) is 4.47. The maximum absolute atomic E-state index is 11.7. The second-order valence-corrected chi connectivity index (χ2v) is 10.6. The molecule has 0 aliphatic heterocycles. The summed E-state index contributed by atoms with van der Waals surface area (Å²) in [6, 6.07) is 0. The van der Waals surface area contributed by atoms with Crippen molar-refractivity contribution in [3.8, 4) is 0 Å². The Labute approximate surface area is 116 Å². The summed E-state index contributed by atoms with van der Waals surface area (Å²) in [4.78, 5) is 0. The van der Waals surface area contributed by atoms with Gasteiger partial charge in [0, 0.05) is 25.2 Å². The molecule has 0 aromatic heterocycles. The monoisotopic (exact) mass is 320 g/mol. The van der Waals surface area contributed by atoms with E-state index in [1.165, 1.54) is 11.4 Å². The standard InChI is InChI=1S/C9H21O2PS2.Zn/c1-8(2)5-6-14-12(10,13)11-7-9(3)4;/h8-9H,5-7H2,1-4H3,(H,10,13);. The molecule has 0 N–H and O–H groups in total. The molecule has 0 aromatic carbocycles. The van der Waals surface area contributed by atoms with Gasteiger partial charge in [-0.25, -0.2) is 0 Å². The van der Waals surface area contributed by atoms with Crippen LogP contribution in [0, 0.1) is 11.8 Å². The molecule has 0 saturated heterocycles. The minimum absolute atomic E-state index is 0. The second-order valence-electron chi connectivity index (χ2n) is 4.17. The average molecular weight is 322 g/mol. The Morgan fingerprint density at radius 2 is 1.80 bits per heavy atom. The average Bonchev–Trinajstić information content (AvgIpc) is 2.00. The van der Waals surface area contributed by atoms with Crippen LogP contribution in [0.25, 0.3) is 0 Å². The van der Waals surface area contributed by atoms with Crippen LogP contribution in [0.1, 0.15) is 34.1 Å². The van der Waals surface area contributed by atoms with E-state index in [9.17, 15) is 4.57 Å². The fraction of sp³-hybridized carbons (Fsp3) is 1.00. The summed E-state index contributed by atoms with van der Waals surface area (Å²) in [5.41, 5.74) is 0. The summed E-state index contributed by atoms with van der Waals surface area (Å²) in [5.74, 6) is -0.790. The van der Waals surface area contributed by atoms with Gasteiger partial charge in [-0.2, -0.15) is 0 Å². The van der Waals surface area contributed by atoms with Crippen LogP contribution in [0.2, 0.25) is 0 Å².